The van der Waals surface area contributed by atoms with E-state index in [9.17, 15) is 4.79 Å². The van der Waals surface area contributed by atoms with Gasteiger partial charge in [0.05, 0.1) is 6.42 Å². The number of nitrogen functional groups attached to an aromatic ring is 1. The zero-order valence-electron chi connectivity index (χ0n) is 13.4. The standard InChI is InChI=1S/C18H21N3O.2ClH/c19-15-8-6-14(7-9-15)12-18(22)20-16-10-11-21(13-16)17-4-2-1-3-5-17;;/h1-9,16H,10-13,19H2,(H,20,22);2*1H. The highest BCUT2D eigenvalue weighted by atomic mass is 35.5. The number of nitrogens with two attached hydrogens (primary N) is 1. The first-order chi connectivity index (χ1) is 10.7. The second-order valence-corrected chi connectivity index (χ2v) is 5.75. The molecule has 1 aliphatic heterocycles. The Hall–Kier alpha value is -1.91. The highest BCUT2D eigenvalue weighted by Gasteiger charge is 2.23. The molecule has 4 nitrogen and oxygen atoms in total. The van der Waals surface area contributed by atoms with Gasteiger partial charge >= 0.3 is 0 Å². The lowest BCUT2D eigenvalue weighted by atomic mass is 10.1. The van der Waals surface area contributed by atoms with Crippen LogP contribution in [0.3, 0.4) is 0 Å². The zero-order chi connectivity index (χ0) is 15.4. The van der Waals surface area contributed by atoms with Crippen LogP contribution in [0, 0.1) is 0 Å². The van der Waals surface area contributed by atoms with Crippen LogP contribution in [0.25, 0.3) is 0 Å². The number of nitrogens with zero attached hydrogens (tertiary/aromatic N) is 1. The van der Waals surface area contributed by atoms with Crippen LogP contribution in [0.5, 0.6) is 0 Å². The van der Waals surface area contributed by atoms with Gasteiger partial charge in [0, 0.05) is 30.5 Å². The lowest BCUT2D eigenvalue weighted by Gasteiger charge is -2.19. The van der Waals surface area contributed by atoms with Gasteiger partial charge in [0.25, 0.3) is 0 Å². The van der Waals surface area contributed by atoms with Gasteiger partial charge in [0.15, 0.2) is 0 Å². The van der Waals surface area contributed by atoms with Gasteiger partial charge in [-0.1, -0.05) is 30.3 Å². The fourth-order valence-corrected chi connectivity index (χ4v) is 2.85. The molecule has 0 aromatic heterocycles. The van der Waals surface area contributed by atoms with Crippen molar-refractivity contribution in [3.05, 3.63) is 60.2 Å². The number of hydrogen-bond donors (Lipinski definition) is 2. The van der Waals surface area contributed by atoms with Gasteiger partial charge in [-0.3, -0.25) is 4.79 Å². The van der Waals surface area contributed by atoms with E-state index in [0.717, 1.165) is 30.8 Å². The van der Waals surface area contributed by atoms with Crippen molar-refractivity contribution in [3.63, 3.8) is 0 Å². The second-order valence-electron chi connectivity index (χ2n) is 5.75. The molecule has 2 aromatic rings. The first-order valence-electron chi connectivity index (χ1n) is 7.64. The minimum Gasteiger partial charge on any atom is -0.399 e. The first-order valence-corrected chi connectivity index (χ1v) is 7.64. The van der Waals surface area contributed by atoms with Crippen LogP contribution in [-0.4, -0.2) is 25.0 Å². The van der Waals surface area contributed by atoms with Gasteiger partial charge in [0.1, 0.15) is 0 Å². The van der Waals surface area contributed by atoms with E-state index in [0.29, 0.717) is 6.42 Å². The molecule has 0 saturated carbocycles. The van der Waals surface area contributed by atoms with E-state index < -0.39 is 0 Å². The highest BCUT2D eigenvalue weighted by Crippen LogP contribution is 2.19. The van der Waals surface area contributed by atoms with Crippen molar-refractivity contribution in [2.45, 2.75) is 18.9 Å². The molecule has 3 N–H and O–H groups in total. The fraction of sp³-hybridized carbons (Fsp3) is 0.278. The molecule has 0 spiro atoms. The largest absolute Gasteiger partial charge is 0.399 e. The van der Waals surface area contributed by atoms with Crippen molar-refractivity contribution in [2.24, 2.45) is 0 Å². The molecule has 1 amide bonds. The van der Waals surface area contributed by atoms with E-state index >= 15 is 0 Å². The average Bonchev–Trinajstić information content (AvgIpc) is 2.99. The van der Waals surface area contributed by atoms with Crippen LogP contribution in [-0.2, 0) is 11.2 Å². The van der Waals surface area contributed by atoms with E-state index in [1.807, 2.05) is 42.5 Å². The number of hydrogen-bond acceptors (Lipinski definition) is 3. The van der Waals surface area contributed by atoms with E-state index in [1.165, 1.54) is 5.69 Å². The quantitative estimate of drug-likeness (QED) is 0.816. The number of carbonyl (C=O) groups is 1. The smallest absolute Gasteiger partial charge is 0.224 e. The van der Waals surface area contributed by atoms with Crippen molar-refractivity contribution in [1.82, 2.24) is 5.32 Å². The molecule has 1 atom stereocenters. The Kier molecular flexibility index (Phi) is 7.89. The maximum atomic E-state index is 12.1. The fourth-order valence-electron chi connectivity index (χ4n) is 2.85. The zero-order valence-corrected chi connectivity index (χ0v) is 15.0. The average molecular weight is 368 g/mol. The van der Waals surface area contributed by atoms with Gasteiger partial charge in [-0.25, -0.2) is 0 Å². The summed E-state index contributed by atoms with van der Waals surface area (Å²) in [4.78, 5) is 14.4. The van der Waals surface area contributed by atoms with Crippen LogP contribution >= 0.6 is 24.8 Å². The third kappa shape index (κ3) is 5.32. The van der Waals surface area contributed by atoms with E-state index in [4.69, 9.17) is 5.73 Å². The number of carbonyl (C=O) groups excluding carboxylic acids is 1. The van der Waals surface area contributed by atoms with Crippen LogP contribution in [0.2, 0.25) is 0 Å². The number of para-hydroxylation sites is 1. The minimum absolute atomic E-state index is 0. The molecule has 130 valence electrons. The summed E-state index contributed by atoms with van der Waals surface area (Å²) >= 11 is 0. The molecule has 1 unspecified atom stereocenters. The topological polar surface area (TPSA) is 58.4 Å². The maximum absolute atomic E-state index is 12.1. The van der Waals surface area contributed by atoms with Crippen LogP contribution in [0.1, 0.15) is 12.0 Å². The Morgan fingerprint density at radius 3 is 2.42 bits per heavy atom. The normalized spacial score (nSPS) is 16.0. The Balaban J connectivity index is 0.00000144. The van der Waals surface area contributed by atoms with Gasteiger partial charge in [0.2, 0.25) is 5.91 Å². The minimum atomic E-state index is 0. The summed E-state index contributed by atoms with van der Waals surface area (Å²) in [6, 6.07) is 18.0. The van der Waals surface area contributed by atoms with Crippen molar-refractivity contribution < 1.29 is 4.79 Å². The Morgan fingerprint density at radius 2 is 1.75 bits per heavy atom. The Labute approximate surface area is 155 Å². The second kappa shape index (κ2) is 9.40. The maximum Gasteiger partial charge on any atom is 0.224 e. The van der Waals surface area contributed by atoms with Crippen LogP contribution in [0.4, 0.5) is 11.4 Å². The van der Waals surface area contributed by atoms with E-state index in [-0.39, 0.29) is 36.8 Å². The molecule has 1 aliphatic rings. The predicted molar refractivity (Wildman–Crippen MR) is 104 cm³/mol. The van der Waals surface area contributed by atoms with Gasteiger partial charge in [-0.15, -0.1) is 24.8 Å². The lowest BCUT2D eigenvalue weighted by Crippen LogP contribution is -2.37. The molecule has 1 saturated heterocycles. The molecule has 6 heteroatoms. The molecule has 1 heterocycles. The highest BCUT2D eigenvalue weighted by molar-refractivity contribution is 5.85. The molecule has 1 fully saturated rings. The van der Waals surface area contributed by atoms with Gasteiger partial charge < -0.3 is 16.0 Å². The monoisotopic (exact) mass is 367 g/mol. The van der Waals surface area contributed by atoms with E-state index in [2.05, 4.69) is 22.3 Å². The van der Waals surface area contributed by atoms with Crippen molar-refractivity contribution in [1.29, 1.82) is 0 Å². The van der Waals surface area contributed by atoms with Crippen molar-refractivity contribution in [3.8, 4) is 0 Å². The predicted octanol–water partition coefficient (Wildman–Crippen LogP) is 3.05. The third-order valence-corrected chi connectivity index (χ3v) is 4.02. The van der Waals surface area contributed by atoms with Crippen molar-refractivity contribution >= 4 is 42.1 Å². The number of nitrogens with one attached hydrogen (secondary N) is 1. The molecule has 0 aliphatic carbocycles. The number of halogens is 2. The summed E-state index contributed by atoms with van der Waals surface area (Å²) in [5.74, 6) is 0.0738. The van der Waals surface area contributed by atoms with E-state index in [1.54, 1.807) is 0 Å². The summed E-state index contributed by atoms with van der Waals surface area (Å²) < 4.78 is 0. The Bertz CT molecular complexity index is 634. The van der Waals surface area contributed by atoms with Crippen molar-refractivity contribution in [2.75, 3.05) is 23.7 Å². The Morgan fingerprint density at radius 1 is 1.08 bits per heavy atom. The third-order valence-electron chi connectivity index (χ3n) is 4.02. The van der Waals surface area contributed by atoms with Crippen LogP contribution < -0.4 is 16.0 Å². The number of anilines is 2. The molecule has 2 aromatic carbocycles. The van der Waals surface area contributed by atoms with Crippen LogP contribution in [0.15, 0.2) is 54.6 Å². The van der Waals surface area contributed by atoms with Gasteiger partial charge in [-0.05, 0) is 36.2 Å². The lowest BCUT2D eigenvalue weighted by molar-refractivity contribution is -0.121. The molecule has 24 heavy (non-hydrogen) atoms. The molecule has 0 radical (unpaired) electrons. The number of amides is 1. The molecule has 0 bridgehead atoms. The molecular formula is C18H23Cl2N3O. The molecule has 3 rings (SSSR count). The summed E-state index contributed by atoms with van der Waals surface area (Å²) in [6.45, 7) is 1.86. The number of rotatable bonds is 4. The summed E-state index contributed by atoms with van der Waals surface area (Å²) in [5, 5.41) is 3.13. The number of benzene rings is 2. The first kappa shape index (κ1) is 20.1. The molecular weight excluding hydrogens is 345 g/mol. The summed E-state index contributed by atoms with van der Waals surface area (Å²) in [5.41, 5.74) is 8.59. The van der Waals surface area contributed by atoms with Gasteiger partial charge in [-0.2, -0.15) is 0 Å². The summed E-state index contributed by atoms with van der Waals surface area (Å²) in [7, 11) is 0. The SMILES string of the molecule is Cl.Cl.Nc1ccc(CC(=O)NC2CCN(c3ccccc3)C2)cc1. The summed E-state index contributed by atoms with van der Waals surface area (Å²) in [6.07, 6.45) is 1.39.